The maximum absolute atomic E-state index is 14.4. The number of pyridine rings is 2. The van der Waals surface area contributed by atoms with Gasteiger partial charge >= 0.3 is 12.2 Å². The minimum absolute atomic E-state index is 0.0349. The first kappa shape index (κ1) is 35.4. The standard InChI is InChI=1S/C18H24FN5O3.C11H8ClFN4O2/c1-11(2)8-18(3,20)10-27-15-13(19)7-12(9-22-15)14-5-6-21-16(23-14)24-17(25)26-4;1-19-11(18)17-10-14-3-2-8(16-10)6-4-7(13)9(12)15-5-6/h5-7,9,11H,8,10,20H2,1-4H3,(H,21,23,24,25);2-5H,1H3,(H,14,16,17,18)/t18-;/m1./s1. The highest BCUT2D eigenvalue weighted by Crippen LogP contribution is 2.24. The van der Waals surface area contributed by atoms with Crippen LogP contribution < -0.4 is 21.1 Å². The number of ether oxygens (including phenoxy) is 3. The van der Waals surface area contributed by atoms with Crippen LogP contribution in [0.15, 0.2) is 49.1 Å². The van der Waals surface area contributed by atoms with E-state index in [0.29, 0.717) is 28.4 Å². The minimum atomic E-state index is -0.702. The van der Waals surface area contributed by atoms with Gasteiger partial charge in [0, 0.05) is 41.5 Å². The molecule has 0 saturated carbocycles. The number of aromatic nitrogens is 6. The Morgan fingerprint density at radius 2 is 1.39 bits per heavy atom. The number of anilines is 2. The van der Waals surface area contributed by atoms with Crippen molar-refractivity contribution in [2.24, 2.45) is 11.7 Å². The van der Waals surface area contributed by atoms with Crippen LogP contribution in [0, 0.1) is 17.6 Å². The van der Waals surface area contributed by atoms with Crippen LogP contribution in [0.2, 0.25) is 5.15 Å². The fourth-order valence-electron chi connectivity index (χ4n) is 3.90. The molecule has 244 valence electrons. The maximum atomic E-state index is 14.4. The summed E-state index contributed by atoms with van der Waals surface area (Å²) in [6.45, 7) is 6.12. The lowest BCUT2D eigenvalue weighted by Gasteiger charge is -2.26. The van der Waals surface area contributed by atoms with Crippen molar-refractivity contribution in [2.75, 3.05) is 31.5 Å². The topological polar surface area (TPSA) is 189 Å². The SMILES string of the molecule is COC(=O)Nc1nccc(-c2cnc(Cl)c(F)c2)n1.COC(=O)Nc1nccc(-c2cnc(OC[C@](C)(N)CC(C)C)c(F)c2)n1. The molecule has 4 heterocycles. The Balaban J connectivity index is 0.000000266. The first-order chi connectivity index (χ1) is 21.8. The molecule has 4 rings (SSSR count). The number of carbonyl (C=O) groups is 2. The highest BCUT2D eigenvalue weighted by atomic mass is 35.5. The summed E-state index contributed by atoms with van der Waals surface area (Å²) < 4.78 is 42.0. The maximum Gasteiger partial charge on any atom is 0.413 e. The van der Waals surface area contributed by atoms with Gasteiger partial charge in [-0.3, -0.25) is 10.6 Å². The van der Waals surface area contributed by atoms with Crippen LogP contribution in [-0.4, -0.2) is 68.5 Å². The first-order valence-electron chi connectivity index (χ1n) is 13.5. The van der Waals surface area contributed by atoms with Crippen molar-refractivity contribution in [3.05, 3.63) is 65.8 Å². The summed E-state index contributed by atoms with van der Waals surface area (Å²) in [6.07, 6.45) is 4.99. The molecule has 0 aliphatic heterocycles. The molecule has 4 aromatic rings. The van der Waals surface area contributed by atoms with Gasteiger partial charge in [-0.05, 0) is 43.5 Å². The number of nitrogens with one attached hydrogen (secondary N) is 2. The third-order valence-electron chi connectivity index (χ3n) is 5.72. The summed E-state index contributed by atoms with van der Waals surface area (Å²) in [4.78, 5) is 45.8. The number of nitrogens with zero attached hydrogens (tertiary/aromatic N) is 6. The third-order valence-corrected chi connectivity index (χ3v) is 6.00. The van der Waals surface area contributed by atoms with E-state index in [1.54, 1.807) is 12.1 Å². The Labute approximate surface area is 268 Å². The van der Waals surface area contributed by atoms with E-state index >= 15 is 0 Å². The average Bonchev–Trinajstić information content (AvgIpc) is 3.01. The molecule has 46 heavy (non-hydrogen) atoms. The van der Waals surface area contributed by atoms with E-state index < -0.39 is 29.4 Å². The van der Waals surface area contributed by atoms with E-state index in [0.717, 1.165) is 6.42 Å². The Morgan fingerprint density at radius 3 is 1.85 bits per heavy atom. The molecule has 4 N–H and O–H groups in total. The van der Waals surface area contributed by atoms with Crippen LogP contribution in [0.5, 0.6) is 5.88 Å². The number of rotatable bonds is 9. The van der Waals surface area contributed by atoms with Crippen LogP contribution >= 0.6 is 11.6 Å². The average molecular weight is 660 g/mol. The summed E-state index contributed by atoms with van der Waals surface area (Å²) in [5, 5.41) is 4.43. The lowest BCUT2D eigenvalue weighted by molar-refractivity contribution is 0.186. The van der Waals surface area contributed by atoms with Gasteiger partial charge in [0.05, 0.1) is 25.6 Å². The van der Waals surface area contributed by atoms with Crippen LogP contribution in [0.25, 0.3) is 22.5 Å². The summed E-state index contributed by atoms with van der Waals surface area (Å²) in [7, 11) is 2.45. The molecule has 1 atom stereocenters. The van der Waals surface area contributed by atoms with Gasteiger partial charge in [-0.15, -0.1) is 0 Å². The molecule has 0 radical (unpaired) electrons. The van der Waals surface area contributed by atoms with Crippen LogP contribution in [0.1, 0.15) is 27.2 Å². The second-order valence-electron chi connectivity index (χ2n) is 10.3. The van der Waals surface area contributed by atoms with Crippen LogP contribution in [0.3, 0.4) is 0 Å². The smallest absolute Gasteiger partial charge is 0.413 e. The van der Waals surface area contributed by atoms with Gasteiger partial charge in [0.2, 0.25) is 17.8 Å². The number of methoxy groups -OCH3 is 2. The van der Waals surface area contributed by atoms with Crippen molar-refractivity contribution >= 4 is 35.7 Å². The number of carbonyl (C=O) groups excluding carboxylic acids is 2. The quantitative estimate of drug-likeness (QED) is 0.191. The van der Waals surface area contributed by atoms with E-state index in [4.69, 9.17) is 22.1 Å². The number of nitrogens with two attached hydrogens (primary N) is 1. The second kappa shape index (κ2) is 16.3. The molecular weight excluding hydrogens is 628 g/mol. The third kappa shape index (κ3) is 10.8. The summed E-state index contributed by atoms with van der Waals surface area (Å²) >= 11 is 5.49. The van der Waals surface area contributed by atoms with Crippen molar-refractivity contribution in [1.29, 1.82) is 0 Å². The zero-order chi connectivity index (χ0) is 33.9. The van der Waals surface area contributed by atoms with Crippen LogP contribution in [0.4, 0.5) is 30.3 Å². The van der Waals surface area contributed by atoms with E-state index in [-0.39, 0.29) is 29.5 Å². The predicted molar refractivity (Wildman–Crippen MR) is 165 cm³/mol. The number of amides is 2. The molecule has 0 bridgehead atoms. The number of hydrogen-bond donors (Lipinski definition) is 3. The second-order valence-corrected chi connectivity index (χ2v) is 10.7. The van der Waals surface area contributed by atoms with E-state index in [9.17, 15) is 18.4 Å². The van der Waals surface area contributed by atoms with Crippen LogP contribution in [-0.2, 0) is 9.47 Å². The van der Waals surface area contributed by atoms with Gasteiger partial charge in [0.1, 0.15) is 6.61 Å². The summed E-state index contributed by atoms with van der Waals surface area (Å²) in [5.41, 5.74) is 7.19. The Kier molecular flexibility index (Phi) is 12.5. The lowest BCUT2D eigenvalue weighted by atomic mass is 9.93. The molecule has 17 heteroatoms. The molecule has 0 saturated heterocycles. The molecule has 4 aromatic heterocycles. The largest absolute Gasteiger partial charge is 0.474 e. The Bertz CT molecular complexity index is 1660. The molecule has 0 aliphatic rings. The van der Waals surface area contributed by atoms with Crippen molar-refractivity contribution < 1.29 is 32.6 Å². The molecular formula is C29H32ClF2N9O5. The highest BCUT2D eigenvalue weighted by molar-refractivity contribution is 6.29. The molecule has 0 unspecified atom stereocenters. The summed E-state index contributed by atoms with van der Waals surface area (Å²) in [5.74, 6) is -0.933. The van der Waals surface area contributed by atoms with Gasteiger partial charge in [-0.1, -0.05) is 25.4 Å². The van der Waals surface area contributed by atoms with Crippen molar-refractivity contribution in [3.63, 3.8) is 0 Å². The minimum Gasteiger partial charge on any atom is -0.474 e. The Hall–Kier alpha value is -5.09. The fraction of sp³-hybridized carbons (Fsp3) is 0.310. The zero-order valence-electron chi connectivity index (χ0n) is 25.5. The zero-order valence-corrected chi connectivity index (χ0v) is 26.3. The Morgan fingerprint density at radius 1 is 0.891 bits per heavy atom. The van der Waals surface area contributed by atoms with Crippen molar-refractivity contribution in [3.8, 4) is 28.4 Å². The number of halogens is 3. The summed E-state index contributed by atoms with van der Waals surface area (Å²) in [6, 6.07) is 5.56. The van der Waals surface area contributed by atoms with Crippen molar-refractivity contribution in [1.82, 2.24) is 29.9 Å². The normalized spacial score (nSPS) is 11.9. The molecule has 0 spiro atoms. The predicted octanol–water partition coefficient (Wildman–Crippen LogP) is 5.51. The van der Waals surface area contributed by atoms with Gasteiger partial charge < -0.3 is 19.9 Å². The molecule has 14 nitrogen and oxygen atoms in total. The first-order valence-corrected chi connectivity index (χ1v) is 13.9. The molecule has 0 aliphatic carbocycles. The highest BCUT2D eigenvalue weighted by Gasteiger charge is 2.22. The molecule has 0 aromatic carbocycles. The fourth-order valence-corrected chi connectivity index (χ4v) is 4.01. The molecule has 0 fully saturated rings. The lowest BCUT2D eigenvalue weighted by Crippen LogP contribution is -2.43. The van der Waals surface area contributed by atoms with E-state index in [1.807, 2.05) is 6.92 Å². The van der Waals surface area contributed by atoms with Gasteiger partial charge in [0.25, 0.3) is 0 Å². The van der Waals surface area contributed by atoms with Gasteiger partial charge in [-0.2, -0.15) is 0 Å². The molecule has 2 amide bonds. The monoisotopic (exact) mass is 659 g/mol. The van der Waals surface area contributed by atoms with Gasteiger partial charge in [-0.25, -0.2) is 48.3 Å². The van der Waals surface area contributed by atoms with Gasteiger partial charge in [0.15, 0.2) is 16.8 Å². The van der Waals surface area contributed by atoms with E-state index in [1.165, 1.54) is 51.1 Å². The number of hydrogen-bond acceptors (Lipinski definition) is 12. The van der Waals surface area contributed by atoms with E-state index in [2.05, 4.69) is 63.9 Å². The van der Waals surface area contributed by atoms with Crippen molar-refractivity contribution in [2.45, 2.75) is 32.7 Å².